The molecule has 64 valence electrons. The van der Waals surface area contributed by atoms with Gasteiger partial charge in [-0.3, -0.25) is 0 Å². The smallest absolute Gasteiger partial charge is 0.0227 e. The van der Waals surface area contributed by atoms with Crippen LogP contribution >= 0.6 is 0 Å². The van der Waals surface area contributed by atoms with Crippen LogP contribution in [-0.4, -0.2) is 6.21 Å². The van der Waals surface area contributed by atoms with Gasteiger partial charge in [-0.25, -0.2) is 0 Å². The molecule has 0 atom stereocenters. The molecule has 0 saturated heterocycles. The van der Waals surface area contributed by atoms with E-state index in [0.717, 1.165) is 24.1 Å². The van der Waals surface area contributed by atoms with Crippen LogP contribution in [0.15, 0.2) is 11.3 Å². The summed E-state index contributed by atoms with van der Waals surface area (Å²) in [4.78, 5) is 0. The molecule has 1 aliphatic carbocycles. The topological polar surface area (TPSA) is 49.9 Å². The van der Waals surface area contributed by atoms with Crippen molar-refractivity contribution in [3.8, 4) is 0 Å². The summed E-state index contributed by atoms with van der Waals surface area (Å²) in [6.45, 7) is 4.00. The van der Waals surface area contributed by atoms with Gasteiger partial charge in [0.1, 0.15) is 0 Å². The molecule has 0 heterocycles. The normalized spacial score (nSPS) is 16.9. The lowest BCUT2D eigenvalue weighted by Crippen LogP contribution is -2.07. The Balaban J connectivity index is 0.000000461. The lowest BCUT2D eigenvalue weighted by molar-refractivity contribution is 0.684. The molecule has 0 fully saturated rings. The summed E-state index contributed by atoms with van der Waals surface area (Å²) in [5, 5.41) is 6.96. The van der Waals surface area contributed by atoms with E-state index in [9.17, 15) is 0 Å². The van der Waals surface area contributed by atoms with E-state index in [1.165, 1.54) is 19.1 Å². The van der Waals surface area contributed by atoms with Crippen LogP contribution in [0.4, 0.5) is 0 Å². The first-order chi connectivity index (χ1) is 5.34. The number of nitrogens with one attached hydrogen (secondary N) is 1. The van der Waals surface area contributed by atoms with Crippen LogP contribution < -0.4 is 5.73 Å². The minimum Gasteiger partial charge on any atom is -0.402 e. The second-order valence-corrected chi connectivity index (χ2v) is 2.40. The van der Waals surface area contributed by atoms with E-state index in [1.54, 1.807) is 0 Å². The molecule has 1 aliphatic rings. The van der Waals surface area contributed by atoms with Crippen LogP contribution in [0.1, 0.15) is 39.5 Å². The van der Waals surface area contributed by atoms with Crippen LogP contribution in [-0.2, 0) is 0 Å². The van der Waals surface area contributed by atoms with Gasteiger partial charge >= 0.3 is 0 Å². The molecule has 1 rings (SSSR count). The third-order valence-electron chi connectivity index (χ3n) is 1.73. The van der Waals surface area contributed by atoms with Gasteiger partial charge in [-0.1, -0.05) is 13.8 Å². The highest BCUT2D eigenvalue weighted by molar-refractivity contribution is 5.76. The second kappa shape index (κ2) is 5.96. The van der Waals surface area contributed by atoms with Crippen molar-refractivity contribution in [1.29, 1.82) is 5.41 Å². The Bertz CT molecular complexity index is 148. The SMILES string of the molecule is CC.N=CC1=C(N)CCCC1. The molecule has 0 spiro atoms. The van der Waals surface area contributed by atoms with Gasteiger partial charge < -0.3 is 11.1 Å². The highest BCUT2D eigenvalue weighted by Crippen LogP contribution is 2.18. The maximum absolute atomic E-state index is 6.96. The molecule has 0 aromatic heterocycles. The Morgan fingerprint density at radius 2 is 1.82 bits per heavy atom. The molecule has 0 saturated carbocycles. The number of hydrogen-bond acceptors (Lipinski definition) is 2. The molecule has 0 unspecified atom stereocenters. The molecule has 2 nitrogen and oxygen atoms in total. The summed E-state index contributed by atoms with van der Waals surface area (Å²) in [6, 6.07) is 0. The Labute approximate surface area is 69.0 Å². The summed E-state index contributed by atoms with van der Waals surface area (Å²) in [5.41, 5.74) is 7.59. The predicted molar refractivity (Wildman–Crippen MR) is 49.8 cm³/mol. The van der Waals surface area contributed by atoms with E-state index >= 15 is 0 Å². The molecule has 0 aliphatic heterocycles. The molecular formula is C9H18N2. The Hall–Kier alpha value is -0.790. The van der Waals surface area contributed by atoms with E-state index in [2.05, 4.69) is 0 Å². The van der Waals surface area contributed by atoms with Crippen LogP contribution in [0.5, 0.6) is 0 Å². The minimum absolute atomic E-state index is 0.927. The zero-order valence-corrected chi connectivity index (χ0v) is 7.48. The third-order valence-corrected chi connectivity index (χ3v) is 1.73. The number of allylic oxidation sites excluding steroid dienone is 2. The Kier molecular flexibility index (Phi) is 5.53. The van der Waals surface area contributed by atoms with Crippen LogP contribution in [0.2, 0.25) is 0 Å². The third kappa shape index (κ3) is 3.21. The van der Waals surface area contributed by atoms with Crippen molar-refractivity contribution in [1.82, 2.24) is 0 Å². The average molecular weight is 154 g/mol. The van der Waals surface area contributed by atoms with Crippen LogP contribution in [0, 0.1) is 5.41 Å². The summed E-state index contributed by atoms with van der Waals surface area (Å²) >= 11 is 0. The van der Waals surface area contributed by atoms with E-state index < -0.39 is 0 Å². The maximum atomic E-state index is 6.96. The molecule has 3 N–H and O–H groups in total. The van der Waals surface area contributed by atoms with Crippen molar-refractivity contribution in [3.05, 3.63) is 11.3 Å². The van der Waals surface area contributed by atoms with Gasteiger partial charge in [0.15, 0.2) is 0 Å². The van der Waals surface area contributed by atoms with Crippen molar-refractivity contribution in [3.63, 3.8) is 0 Å². The van der Waals surface area contributed by atoms with E-state index in [0.29, 0.717) is 0 Å². The van der Waals surface area contributed by atoms with Crippen molar-refractivity contribution < 1.29 is 0 Å². The zero-order chi connectivity index (χ0) is 8.69. The molecule has 0 amide bonds. The van der Waals surface area contributed by atoms with Gasteiger partial charge in [-0.2, -0.15) is 0 Å². The monoisotopic (exact) mass is 154 g/mol. The predicted octanol–water partition coefficient (Wildman–Crippen LogP) is 2.45. The van der Waals surface area contributed by atoms with Gasteiger partial charge in [0.05, 0.1) is 0 Å². The Morgan fingerprint density at radius 1 is 1.27 bits per heavy atom. The number of rotatable bonds is 1. The lowest BCUT2D eigenvalue weighted by atomic mass is 9.98. The van der Waals surface area contributed by atoms with Crippen molar-refractivity contribution in [2.24, 2.45) is 5.73 Å². The van der Waals surface area contributed by atoms with Crippen LogP contribution in [0.25, 0.3) is 0 Å². The largest absolute Gasteiger partial charge is 0.402 e. The highest BCUT2D eigenvalue weighted by atomic mass is 14.6. The van der Waals surface area contributed by atoms with E-state index in [4.69, 9.17) is 11.1 Å². The fraction of sp³-hybridized carbons (Fsp3) is 0.667. The molecule has 0 aromatic rings. The van der Waals surface area contributed by atoms with Gasteiger partial charge in [0, 0.05) is 11.9 Å². The average Bonchev–Trinajstić information content (AvgIpc) is 2.09. The van der Waals surface area contributed by atoms with E-state index in [1.807, 2.05) is 13.8 Å². The van der Waals surface area contributed by atoms with Crippen LogP contribution in [0.3, 0.4) is 0 Å². The standard InChI is InChI=1S/C7H12N2.C2H6/c8-5-6-3-1-2-4-7(6)9;1-2/h5,8H,1-4,9H2;1-2H3. The molecular weight excluding hydrogens is 136 g/mol. The Morgan fingerprint density at radius 3 is 2.18 bits per heavy atom. The quantitative estimate of drug-likeness (QED) is 0.560. The van der Waals surface area contributed by atoms with Gasteiger partial charge in [-0.05, 0) is 31.3 Å². The van der Waals surface area contributed by atoms with E-state index in [-0.39, 0.29) is 0 Å². The second-order valence-electron chi connectivity index (χ2n) is 2.40. The van der Waals surface area contributed by atoms with Crippen molar-refractivity contribution >= 4 is 6.21 Å². The molecule has 0 radical (unpaired) electrons. The fourth-order valence-corrected chi connectivity index (χ4v) is 1.12. The van der Waals surface area contributed by atoms with Crippen molar-refractivity contribution in [2.45, 2.75) is 39.5 Å². The first-order valence-electron chi connectivity index (χ1n) is 4.32. The minimum atomic E-state index is 0.927. The molecule has 2 heteroatoms. The highest BCUT2D eigenvalue weighted by Gasteiger charge is 2.06. The maximum Gasteiger partial charge on any atom is 0.0227 e. The zero-order valence-electron chi connectivity index (χ0n) is 7.48. The first-order valence-corrected chi connectivity index (χ1v) is 4.32. The van der Waals surface area contributed by atoms with Gasteiger partial charge in [-0.15, -0.1) is 0 Å². The van der Waals surface area contributed by atoms with Crippen molar-refractivity contribution in [2.75, 3.05) is 0 Å². The lowest BCUT2D eigenvalue weighted by Gasteiger charge is -2.12. The van der Waals surface area contributed by atoms with Gasteiger partial charge in [0.2, 0.25) is 0 Å². The number of nitrogens with two attached hydrogens (primary N) is 1. The molecule has 11 heavy (non-hydrogen) atoms. The number of hydrogen-bond donors (Lipinski definition) is 2. The summed E-state index contributed by atoms with van der Waals surface area (Å²) in [6.07, 6.45) is 5.78. The fourth-order valence-electron chi connectivity index (χ4n) is 1.12. The summed E-state index contributed by atoms with van der Waals surface area (Å²) < 4.78 is 0. The summed E-state index contributed by atoms with van der Waals surface area (Å²) in [7, 11) is 0. The molecule has 0 bridgehead atoms. The molecule has 0 aromatic carbocycles. The first kappa shape index (κ1) is 10.2. The van der Waals surface area contributed by atoms with Gasteiger partial charge in [0.25, 0.3) is 0 Å². The summed E-state index contributed by atoms with van der Waals surface area (Å²) in [5.74, 6) is 0.